The predicted octanol–water partition coefficient (Wildman–Crippen LogP) is 13.2. The minimum Gasteiger partial charge on any atom is -0.456 e. The minimum absolute atomic E-state index is 0.121. The summed E-state index contributed by atoms with van der Waals surface area (Å²) in [7, 11) is 0. The molecule has 7 aromatic carbocycles. The maximum Gasteiger partial charge on any atom is 0.136 e. The number of hydrogen-bond acceptors (Lipinski definition) is 1. The van der Waals surface area contributed by atoms with Gasteiger partial charge in [-0.3, -0.25) is 0 Å². The molecule has 0 atom stereocenters. The molecule has 1 spiro atoms. The van der Waals surface area contributed by atoms with Crippen molar-refractivity contribution in [3.05, 3.63) is 163 Å². The zero-order valence-corrected chi connectivity index (χ0v) is 27.8. The molecule has 0 N–H and O–H groups in total. The summed E-state index contributed by atoms with van der Waals surface area (Å²) in [6, 6.07) is 56.0. The van der Waals surface area contributed by atoms with Gasteiger partial charge in [-0.2, -0.15) is 0 Å². The molecular weight excluding hydrogens is 607 g/mol. The van der Waals surface area contributed by atoms with Crippen molar-refractivity contribution in [1.29, 1.82) is 0 Å². The maximum atomic E-state index is 6.59. The Morgan fingerprint density at radius 2 is 1.14 bits per heavy atom. The van der Waals surface area contributed by atoms with Gasteiger partial charge in [0.25, 0.3) is 0 Å². The van der Waals surface area contributed by atoms with Crippen LogP contribution in [-0.4, -0.2) is 4.57 Å². The molecule has 1 fully saturated rings. The first kappa shape index (κ1) is 28.0. The van der Waals surface area contributed by atoms with E-state index in [1.807, 2.05) is 0 Å². The zero-order valence-electron chi connectivity index (χ0n) is 27.8. The summed E-state index contributed by atoms with van der Waals surface area (Å²) < 4.78 is 9.02. The highest BCUT2D eigenvalue weighted by Gasteiger charge is 2.44. The van der Waals surface area contributed by atoms with Gasteiger partial charge in [0.2, 0.25) is 0 Å². The Labute approximate surface area is 291 Å². The second-order valence-electron chi connectivity index (χ2n) is 14.4. The molecule has 238 valence electrons. The van der Waals surface area contributed by atoms with E-state index in [1.54, 1.807) is 0 Å². The molecule has 0 amide bonds. The summed E-state index contributed by atoms with van der Waals surface area (Å²) in [4.78, 5) is 0. The van der Waals surface area contributed by atoms with Gasteiger partial charge < -0.3 is 8.98 Å². The molecule has 2 aromatic heterocycles. The molecule has 9 aromatic rings. The summed E-state index contributed by atoms with van der Waals surface area (Å²) >= 11 is 0. The number of aromatic nitrogens is 1. The first-order valence-electron chi connectivity index (χ1n) is 18.1. The van der Waals surface area contributed by atoms with Gasteiger partial charge in [0.05, 0.1) is 11.0 Å². The van der Waals surface area contributed by atoms with Crippen LogP contribution in [0.1, 0.15) is 43.2 Å². The Morgan fingerprint density at radius 3 is 2.06 bits per heavy atom. The number of para-hydroxylation sites is 1. The van der Waals surface area contributed by atoms with Crippen LogP contribution in [0.15, 0.2) is 156 Å². The highest BCUT2D eigenvalue weighted by molar-refractivity contribution is 6.11. The third kappa shape index (κ3) is 3.96. The fourth-order valence-corrected chi connectivity index (χ4v) is 9.48. The van der Waals surface area contributed by atoms with E-state index >= 15 is 0 Å². The standard InChI is InChI=1S/C48H35NO/c1-3-12-31(13-4-1)32-14-11-15-35(26-32)49-44-19-8-6-17-37(44)38-22-20-34(28-45(38)49)33-21-23-46-40(27-33)41-29-43-39(30-47(41)50-46)36-16-5-7-18-42(36)48(43)24-9-2-10-25-48/h1,3-8,11-23,26-30H,2,9-10,24-25H2. The lowest BCUT2D eigenvalue weighted by molar-refractivity contribution is 0.353. The van der Waals surface area contributed by atoms with Crippen LogP contribution in [0.4, 0.5) is 0 Å². The maximum absolute atomic E-state index is 6.59. The van der Waals surface area contributed by atoms with Gasteiger partial charge in [0.15, 0.2) is 0 Å². The van der Waals surface area contributed by atoms with Gasteiger partial charge in [-0.1, -0.05) is 122 Å². The van der Waals surface area contributed by atoms with Crippen LogP contribution in [0, 0.1) is 0 Å². The second-order valence-corrected chi connectivity index (χ2v) is 14.4. The third-order valence-corrected chi connectivity index (χ3v) is 11.8. The molecule has 50 heavy (non-hydrogen) atoms. The van der Waals surface area contributed by atoms with Crippen LogP contribution >= 0.6 is 0 Å². The Bertz CT molecular complexity index is 2790. The Morgan fingerprint density at radius 1 is 0.420 bits per heavy atom. The topological polar surface area (TPSA) is 18.1 Å². The number of benzene rings is 7. The van der Waals surface area contributed by atoms with Gasteiger partial charge in [-0.25, -0.2) is 0 Å². The van der Waals surface area contributed by atoms with E-state index in [9.17, 15) is 0 Å². The largest absolute Gasteiger partial charge is 0.456 e. The van der Waals surface area contributed by atoms with Crippen molar-refractivity contribution in [2.75, 3.05) is 0 Å². The Balaban J connectivity index is 1.09. The smallest absolute Gasteiger partial charge is 0.136 e. The van der Waals surface area contributed by atoms with Gasteiger partial charge in [0.1, 0.15) is 11.2 Å². The Hall–Kier alpha value is -5.86. The molecule has 2 aliphatic carbocycles. The molecular formula is C48H35NO. The summed E-state index contributed by atoms with van der Waals surface area (Å²) in [5.74, 6) is 0. The molecule has 11 rings (SSSR count). The SMILES string of the molecule is c1ccc(-c2cccc(-n3c4ccccc4c4ccc(-c5ccc6oc7cc8c(cc7c6c5)C5(CCCCC5)c5ccccc5-8)cc43)c2)cc1. The van der Waals surface area contributed by atoms with Crippen molar-refractivity contribution in [2.45, 2.75) is 37.5 Å². The lowest BCUT2D eigenvalue weighted by Crippen LogP contribution is -2.27. The number of nitrogens with zero attached hydrogens (tertiary/aromatic N) is 1. The van der Waals surface area contributed by atoms with Crippen LogP contribution in [0.5, 0.6) is 0 Å². The van der Waals surface area contributed by atoms with E-state index in [0.29, 0.717) is 0 Å². The lowest BCUT2D eigenvalue weighted by atomic mass is 9.68. The summed E-state index contributed by atoms with van der Waals surface area (Å²) in [5.41, 5.74) is 16.3. The molecule has 0 radical (unpaired) electrons. The fraction of sp³-hybridized carbons (Fsp3) is 0.125. The second kappa shape index (κ2) is 10.6. The summed E-state index contributed by atoms with van der Waals surface area (Å²) in [6.45, 7) is 0. The number of rotatable bonds is 3. The van der Waals surface area contributed by atoms with Crippen molar-refractivity contribution in [1.82, 2.24) is 4.57 Å². The number of fused-ring (bicyclic) bond motifs is 11. The molecule has 1 saturated carbocycles. The molecule has 0 aliphatic heterocycles. The predicted molar refractivity (Wildman–Crippen MR) is 208 cm³/mol. The quantitative estimate of drug-likeness (QED) is 0.188. The van der Waals surface area contributed by atoms with Crippen molar-refractivity contribution < 1.29 is 4.42 Å². The molecule has 2 aliphatic rings. The van der Waals surface area contributed by atoms with E-state index in [4.69, 9.17) is 4.42 Å². The molecule has 2 heteroatoms. The zero-order chi connectivity index (χ0) is 32.8. The van der Waals surface area contributed by atoms with Crippen LogP contribution < -0.4 is 0 Å². The Kier molecular flexibility index (Phi) is 5.92. The highest BCUT2D eigenvalue weighted by atomic mass is 16.3. The van der Waals surface area contributed by atoms with Crippen molar-refractivity contribution in [3.8, 4) is 39.1 Å². The van der Waals surface area contributed by atoms with Crippen LogP contribution in [0.2, 0.25) is 0 Å². The van der Waals surface area contributed by atoms with Crippen molar-refractivity contribution in [2.24, 2.45) is 0 Å². The van der Waals surface area contributed by atoms with E-state index < -0.39 is 0 Å². The number of furan rings is 1. The third-order valence-electron chi connectivity index (χ3n) is 11.8. The van der Waals surface area contributed by atoms with Crippen LogP contribution in [0.25, 0.3) is 82.8 Å². The summed E-state index contributed by atoms with van der Waals surface area (Å²) in [5, 5.41) is 4.95. The van der Waals surface area contributed by atoms with E-state index in [1.165, 1.54) is 109 Å². The van der Waals surface area contributed by atoms with Gasteiger partial charge in [0, 0.05) is 32.6 Å². The van der Waals surface area contributed by atoms with Gasteiger partial charge in [-0.05, 0) is 106 Å². The van der Waals surface area contributed by atoms with Crippen LogP contribution in [0.3, 0.4) is 0 Å². The average molecular weight is 642 g/mol. The van der Waals surface area contributed by atoms with E-state index in [2.05, 4.69) is 156 Å². The van der Waals surface area contributed by atoms with Gasteiger partial charge in [-0.15, -0.1) is 0 Å². The molecule has 2 nitrogen and oxygen atoms in total. The van der Waals surface area contributed by atoms with Crippen LogP contribution in [-0.2, 0) is 5.41 Å². The molecule has 0 unspecified atom stereocenters. The van der Waals surface area contributed by atoms with E-state index in [-0.39, 0.29) is 5.41 Å². The lowest BCUT2D eigenvalue weighted by Gasteiger charge is -2.35. The van der Waals surface area contributed by atoms with Gasteiger partial charge >= 0.3 is 0 Å². The molecule has 0 bridgehead atoms. The van der Waals surface area contributed by atoms with Crippen molar-refractivity contribution >= 4 is 43.7 Å². The monoisotopic (exact) mass is 641 g/mol. The van der Waals surface area contributed by atoms with E-state index in [0.717, 1.165) is 16.9 Å². The normalized spacial score (nSPS) is 15.0. The number of hydrogen-bond donors (Lipinski definition) is 0. The molecule has 2 heterocycles. The molecule has 0 saturated heterocycles. The summed E-state index contributed by atoms with van der Waals surface area (Å²) in [6.07, 6.45) is 6.37. The van der Waals surface area contributed by atoms with Crippen molar-refractivity contribution in [3.63, 3.8) is 0 Å². The highest BCUT2D eigenvalue weighted by Crippen LogP contribution is 2.57. The fourth-order valence-electron chi connectivity index (χ4n) is 9.48. The first-order valence-corrected chi connectivity index (χ1v) is 18.1. The average Bonchev–Trinajstić information content (AvgIpc) is 3.80. The minimum atomic E-state index is 0.121. The first-order chi connectivity index (χ1) is 24.7.